The number of hydrogen-bond donors (Lipinski definition) is 2. The van der Waals surface area contributed by atoms with Crippen LogP contribution in [0, 0.1) is 10.1 Å². The summed E-state index contributed by atoms with van der Waals surface area (Å²) in [5.41, 5.74) is 5.97. The van der Waals surface area contributed by atoms with E-state index in [1.807, 2.05) is 6.07 Å². The molecule has 2 aromatic rings. The number of benzene rings is 2. The molecule has 20 heavy (non-hydrogen) atoms. The summed E-state index contributed by atoms with van der Waals surface area (Å²) in [5, 5.41) is 13.5. The van der Waals surface area contributed by atoms with Gasteiger partial charge in [0.15, 0.2) is 0 Å². The van der Waals surface area contributed by atoms with Crippen molar-refractivity contribution in [3.63, 3.8) is 0 Å². The van der Waals surface area contributed by atoms with Crippen molar-refractivity contribution in [2.45, 2.75) is 0 Å². The molecule has 102 valence electrons. The Morgan fingerprint density at radius 3 is 2.60 bits per heavy atom. The van der Waals surface area contributed by atoms with E-state index in [0.29, 0.717) is 5.69 Å². The minimum atomic E-state index is -0.620. The highest BCUT2D eigenvalue weighted by Gasteiger charge is 2.16. The van der Waals surface area contributed by atoms with Gasteiger partial charge in [0.25, 0.3) is 11.6 Å². The lowest BCUT2D eigenvalue weighted by Crippen LogP contribution is -2.12. The third-order valence-electron chi connectivity index (χ3n) is 2.61. The normalized spacial score (nSPS) is 10.1. The fraction of sp³-hybridized carbons (Fsp3) is 0. The number of nitrogens with zero attached hydrogens (tertiary/aromatic N) is 1. The first-order chi connectivity index (χ1) is 9.49. The van der Waals surface area contributed by atoms with Gasteiger partial charge in [-0.1, -0.05) is 12.1 Å². The van der Waals surface area contributed by atoms with Crippen LogP contribution in [-0.4, -0.2) is 10.8 Å². The maximum atomic E-state index is 12.1. The monoisotopic (exact) mass is 335 g/mol. The van der Waals surface area contributed by atoms with Crippen molar-refractivity contribution in [2.24, 2.45) is 0 Å². The van der Waals surface area contributed by atoms with Crippen LogP contribution in [0.25, 0.3) is 0 Å². The number of nitrogens with two attached hydrogens (primary N) is 1. The molecule has 0 aliphatic heterocycles. The number of carbonyl (C=O) groups excluding carboxylic acids is 1. The molecular formula is C13H10BrN3O3. The number of anilines is 2. The van der Waals surface area contributed by atoms with Gasteiger partial charge < -0.3 is 11.1 Å². The van der Waals surface area contributed by atoms with Crippen LogP contribution in [0.15, 0.2) is 46.9 Å². The first-order valence-electron chi connectivity index (χ1n) is 5.59. The van der Waals surface area contributed by atoms with Crippen LogP contribution in [0.4, 0.5) is 17.1 Å². The maximum absolute atomic E-state index is 12.1. The first kappa shape index (κ1) is 14.0. The van der Waals surface area contributed by atoms with E-state index in [0.717, 1.165) is 10.5 Å². The average Bonchev–Trinajstić information content (AvgIpc) is 2.41. The number of nitro benzene ring substituents is 1. The third kappa shape index (κ3) is 2.94. The highest BCUT2D eigenvalue weighted by atomic mass is 79.9. The molecule has 0 bridgehead atoms. The van der Waals surface area contributed by atoms with E-state index < -0.39 is 10.8 Å². The van der Waals surface area contributed by atoms with Crippen LogP contribution < -0.4 is 11.1 Å². The number of nitro groups is 1. The number of rotatable bonds is 3. The number of amides is 1. The van der Waals surface area contributed by atoms with Crippen molar-refractivity contribution in [1.29, 1.82) is 0 Å². The summed E-state index contributed by atoms with van der Waals surface area (Å²) in [4.78, 5) is 22.2. The lowest BCUT2D eigenvalue weighted by atomic mass is 10.1. The van der Waals surface area contributed by atoms with E-state index in [2.05, 4.69) is 21.2 Å². The van der Waals surface area contributed by atoms with Gasteiger partial charge in [0, 0.05) is 16.1 Å². The molecule has 0 fully saturated rings. The van der Waals surface area contributed by atoms with Gasteiger partial charge in [-0.05, 0) is 40.2 Å². The van der Waals surface area contributed by atoms with Crippen molar-refractivity contribution >= 4 is 38.9 Å². The van der Waals surface area contributed by atoms with Gasteiger partial charge >= 0.3 is 0 Å². The molecule has 0 spiro atoms. The fourth-order valence-corrected chi connectivity index (χ4v) is 1.98. The van der Waals surface area contributed by atoms with E-state index >= 15 is 0 Å². The summed E-state index contributed by atoms with van der Waals surface area (Å²) in [6.07, 6.45) is 0. The zero-order valence-corrected chi connectivity index (χ0v) is 11.8. The summed E-state index contributed by atoms with van der Waals surface area (Å²) < 4.78 is 0.721. The Morgan fingerprint density at radius 2 is 1.95 bits per heavy atom. The van der Waals surface area contributed by atoms with E-state index in [-0.39, 0.29) is 16.9 Å². The largest absolute Gasteiger partial charge is 0.393 e. The molecule has 0 atom stereocenters. The van der Waals surface area contributed by atoms with Crippen molar-refractivity contribution < 1.29 is 9.72 Å². The zero-order chi connectivity index (χ0) is 14.7. The van der Waals surface area contributed by atoms with Crippen LogP contribution in [0.2, 0.25) is 0 Å². The quantitative estimate of drug-likeness (QED) is 0.511. The molecular weight excluding hydrogens is 326 g/mol. The highest BCUT2D eigenvalue weighted by Crippen LogP contribution is 2.25. The number of halogens is 1. The Morgan fingerprint density at radius 1 is 1.25 bits per heavy atom. The van der Waals surface area contributed by atoms with Crippen LogP contribution in [0.3, 0.4) is 0 Å². The SMILES string of the molecule is Nc1ccc(C(=O)Nc2ccccc2Br)cc1[N+](=O)[O-]. The second-order valence-corrected chi connectivity index (χ2v) is 4.82. The van der Waals surface area contributed by atoms with E-state index in [1.54, 1.807) is 18.2 Å². The molecule has 0 aliphatic carbocycles. The van der Waals surface area contributed by atoms with Gasteiger partial charge in [0.2, 0.25) is 0 Å². The molecule has 0 aliphatic rings. The molecule has 0 unspecified atom stereocenters. The van der Waals surface area contributed by atoms with E-state index in [4.69, 9.17) is 5.73 Å². The van der Waals surface area contributed by atoms with Gasteiger partial charge in [0.05, 0.1) is 10.6 Å². The summed E-state index contributed by atoms with van der Waals surface area (Å²) in [6.45, 7) is 0. The van der Waals surface area contributed by atoms with Crippen LogP contribution in [0.5, 0.6) is 0 Å². The van der Waals surface area contributed by atoms with Crippen LogP contribution in [-0.2, 0) is 0 Å². The summed E-state index contributed by atoms with van der Waals surface area (Å²) in [5.74, 6) is -0.444. The molecule has 1 amide bonds. The summed E-state index contributed by atoms with van der Waals surface area (Å²) in [6, 6.07) is 11.0. The minimum absolute atomic E-state index is 0.0208. The van der Waals surface area contributed by atoms with Crippen LogP contribution in [0.1, 0.15) is 10.4 Å². The van der Waals surface area contributed by atoms with Gasteiger partial charge in [-0.25, -0.2) is 0 Å². The Bertz CT molecular complexity index is 688. The number of hydrogen-bond acceptors (Lipinski definition) is 4. The number of nitrogen functional groups attached to an aromatic ring is 1. The standard InChI is InChI=1S/C13H10BrN3O3/c14-9-3-1-2-4-11(9)16-13(18)8-5-6-10(15)12(7-8)17(19)20/h1-7H,15H2,(H,16,18). The smallest absolute Gasteiger partial charge is 0.292 e. The number of para-hydroxylation sites is 1. The molecule has 2 aromatic carbocycles. The first-order valence-corrected chi connectivity index (χ1v) is 6.38. The van der Waals surface area contributed by atoms with Gasteiger partial charge in [-0.15, -0.1) is 0 Å². The van der Waals surface area contributed by atoms with Crippen molar-refractivity contribution in [3.8, 4) is 0 Å². The highest BCUT2D eigenvalue weighted by molar-refractivity contribution is 9.10. The molecule has 0 saturated carbocycles. The molecule has 0 aromatic heterocycles. The third-order valence-corrected chi connectivity index (χ3v) is 3.30. The number of nitrogens with one attached hydrogen (secondary N) is 1. The summed E-state index contributed by atoms with van der Waals surface area (Å²) in [7, 11) is 0. The molecule has 7 heteroatoms. The maximum Gasteiger partial charge on any atom is 0.292 e. The van der Waals surface area contributed by atoms with E-state index in [1.165, 1.54) is 12.1 Å². The second kappa shape index (κ2) is 5.70. The fourth-order valence-electron chi connectivity index (χ4n) is 1.60. The molecule has 2 rings (SSSR count). The predicted octanol–water partition coefficient (Wildman–Crippen LogP) is 3.19. The summed E-state index contributed by atoms with van der Waals surface area (Å²) >= 11 is 3.30. The lowest BCUT2D eigenvalue weighted by molar-refractivity contribution is -0.383. The van der Waals surface area contributed by atoms with Crippen molar-refractivity contribution in [3.05, 3.63) is 62.6 Å². The second-order valence-electron chi connectivity index (χ2n) is 3.96. The molecule has 0 radical (unpaired) electrons. The van der Waals surface area contributed by atoms with Gasteiger partial charge in [0.1, 0.15) is 5.69 Å². The predicted molar refractivity (Wildman–Crippen MR) is 79.6 cm³/mol. The number of carbonyl (C=O) groups is 1. The molecule has 6 nitrogen and oxygen atoms in total. The Balaban J connectivity index is 2.28. The average molecular weight is 336 g/mol. The minimum Gasteiger partial charge on any atom is -0.393 e. The Hall–Kier alpha value is -2.41. The van der Waals surface area contributed by atoms with Crippen LogP contribution >= 0.6 is 15.9 Å². The van der Waals surface area contributed by atoms with Gasteiger partial charge in [-0.2, -0.15) is 0 Å². The lowest BCUT2D eigenvalue weighted by Gasteiger charge is -2.07. The topological polar surface area (TPSA) is 98.3 Å². The zero-order valence-electron chi connectivity index (χ0n) is 10.2. The molecule has 3 N–H and O–H groups in total. The molecule has 0 heterocycles. The van der Waals surface area contributed by atoms with Gasteiger partial charge in [-0.3, -0.25) is 14.9 Å². The Labute approximate surface area is 122 Å². The Kier molecular flexibility index (Phi) is 3.99. The van der Waals surface area contributed by atoms with E-state index in [9.17, 15) is 14.9 Å². The molecule has 0 saturated heterocycles. The van der Waals surface area contributed by atoms with Crippen molar-refractivity contribution in [1.82, 2.24) is 0 Å². The van der Waals surface area contributed by atoms with Crippen molar-refractivity contribution in [2.75, 3.05) is 11.1 Å².